The van der Waals surface area contributed by atoms with Gasteiger partial charge in [-0.15, -0.1) is 0 Å². The summed E-state index contributed by atoms with van der Waals surface area (Å²) in [5, 5.41) is 56.7. The predicted octanol–water partition coefficient (Wildman–Crippen LogP) is -4.06. The number of aliphatic hydroxyl groups is 5. The molecule has 1 aliphatic rings. The zero-order valence-corrected chi connectivity index (χ0v) is 19.3. The molecular formula is C18H29NO15. The third kappa shape index (κ3) is 5.44. The SMILES string of the molecule is COC(=O)C1(O)C[C@@](O)(OC)[C@@H](NC(C)=O)[C@H](C(O)(OC)C(O)(OC(C)=O)C(O)OC(C)=O)O1. The number of aliphatic hydroxyl groups excluding tert-OH is 1. The van der Waals surface area contributed by atoms with Crippen LogP contribution in [0.5, 0.6) is 0 Å². The van der Waals surface area contributed by atoms with Gasteiger partial charge in [-0.05, 0) is 0 Å². The van der Waals surface area contributed by atoms with Crippen LogP contribution in [0, 0.1) is 0 Å². The highest BCUT2D eigenvalue weighted by Gasteiger charge is 2.73. The molecule has 196 valence electrons. The molecule has 0 aromatic heterocycles. The second-order valence-corrected chi connectivity index (χ2v) is 7.37. The lowest BCUT2D eigenvalue weighted by Gasteiger charge is -2.54. The molecule has 0 bridgehead atoms. The summed E-state index contributed by atoms with van der Waals surface area (Å²) >= 11 is 0. The van der Waals surface area contributed by atoms with Crippen molar-refractivity contribution >= 4 is 23.8 Å². The minimum Gasteiger partial charge on any atom is -0.465 e. The molecule has 0 aliphatic carbocycles. The van der Waals surface area contributed by atoms with Crippen LogP contribution in [0.15, 0.2) is 0 Å². The van der Waals surface area contributed by atoms with Crippen molar-refractivity contribution in [3.63, 3.8) is 0 Å². The van der Waals surface area contributed by atoms with E-state index in [-0.39, 0.29) is 0 Å². The average molecular weight is 499 g/mol. The summed E-state index contributed by atoms with van der Waals surface area (Å²) in [6, 6.07) is -2.00. The summed E-state index contributed by atoms with van der Waals surface area (Å²) in [6.07, 6.45) is -6.48. The topological polar surface area (TPSA) is 237 Å². The van der Waals surface area contributed by atoms with Gasteiger partial charge in [0.05, 0.1) is 13.5 Å². The van der Waals surface area contributed by atoms with Gasteiger partial charge in [-0.3, -0.25) is 14.4 Å². The highest BCUT2D eigenvalue weighted by atomic mass is 16.8. The fraction of sp³-hybridized carbons (Fsp3) is 0.778. The number of hydrogen-bond donors (Lipinski definition) is 6. The molecule has 1 aliphatic heterocycles. The highest BCUT2D eigenvalue weighted by molar-refractivity contribution is 5.78. The molecule has 1 rings (SSSR count). The lowest BCUT2D eigenvalue weighted by molar-refractivity contribution is -0.467. The van der Waals surface area contributed by atoms with E-state index in [0.29, 0.717) is 7.11 Å². The number of carbonyl (C=O) groups excluding carboxylic acids is 4. The van der Waals surface area contributed by atoms with E-state index in [1.54, 1.807) is 0 Å². The third-order valence-corrected chi connectivity index (χ3v) is 4.94. The van der Waals surface area contributed by atoms with Crippen molar-refractivity contribution in [1.29, 1.82) is 0 Å². The van der Waals surface area contributed by atoms with Gasteiger partial charge in [0.15, 0.2) is 5.79 Å². The number of rotatable bonds is 9. The molecule has 1 heterocycles. The zero-order chi connectivity index (χ0) is 26.7. The first kappa shape index (κ1) is 29.6. The summed E-state index contributed by atoms with van der Waals surface area (Å²) < 4.78 is 28.5. The van der Waals surface area contributed by atoms with Crippen LogP contribution < -0.4 is 5.32 Å². The number of carbonyl (C=O) groups is 4. The Bertz CT molecular complexity index is 806. The van der Waals surface area contributed by atoms with Gasteiger partial charge in [-0.2, -0.15) is 0 Å². The molecule has 0 saturated carbocycles. The van der Waals surface area contributed by atoms with Crippen LogP contribution >= 0.6 is 0 Å². The molecule has 6 N–H and O–H groups in total. The lowest BCUT2D eigenvalue weighted by atomic mass is 9.82. The second kappa shape index (κ2) is 10.4. The molecule has 1 saturated heterocycles. The molecule has 0 radical (unpaired) electrons. The Labute approximate surface area is 193 Å². The molecular weight excluding hydrogens is 470 g/mol. The Kier molecular flexibility index (Phi) is 9.09. The number of amides is 1. The van der Waals surface area contributed by atoms with Crippen LogP contribution in [0.2, 0.25) is 0 Å². The van der Waals surface area contributed by atoms with E-state index in [9.17, 15) is 44.7 Å². The summed E-state index contributed by atoms with van der Waals surface area (Å²) in [4.78, 5) is 47.2. The Morgan fingerprint density at radius 1 is 1.06 bits per heavy atom. The summed E-state index contributed by atoms with van der Waals surface area (Å²) in [6.45, 7) is 2.48. The Hall–Kier alpha value is -2.44. The van der Waals surface area contributed by atoms with Crippen molar-refractivity contribution in [2.75, 3.05) is 21.3 Å². The molecule has 0 spiro atoms. The molecule has 16 heteroatoms. The first-order valence-electron chi connectivity index (χ1n) is 9.54. The fourth-order valence-electron chi connectivity index (χ4n) is 3.42. The Morgan fingerprint density at radius 2 is 1.62 bits per heavy atom. The van der Waals surface area contributed by atoms with Crippen molar-refractivity contribution in [3.8, 4) is 0 Å². The Balaban J connectivity index is 3.89. The maximum absolute atomic E-state index is 12.2. The highest BCUT2D eigenvalue weighted by Crippen LogP contribution is 2.44. The lowest BCUT2D eigenvalue weighted by Crippen LogP contribution is -2.80. The zero-order valence-electron chi connectivity index (χ0n) is 19.3. The quantitative estimate of drug-likeness (QED) is 0.101. The van der Waals surface area contributed by atoms with E-state index < -0.39 is 71.8 Å². The van der Waals surface area contributed by atoms with E-state index in [1.165, 1.54) is 0 Å². The molecule has 0 aromatic rings. The average Bonchev–Trinajstić information content (AvgIpc) is 2.72. The van der Waals surface area contributed by atoms with E-state index in [4.69, 9.17) is 14.2 Å². The van der Waals surface area contributed by atoms with E-state index >= 15 is 0 Å². The van der Waals surface area contributed by atoms with Gasteiger partial charge >= 0.3 is 23.7 Å². The molecule has 34 heavy (non-hydrogen) atoms. The van der Waals surface area contributed by atoms with Gasteiger partial charge < -0.3 is 59.3 Å². The number of methoxy groups -OCH3 is 3. The van der Waals surface area contributed by atoms with Crippen LogP contribution in [0.3, 0.4) is 0 Å². The van der Waals surface area contributed by atoms with Crippen molar-refractivity contribution in [2.24, 2.45) is 0 Å². The van der Waals surface area contributed by atoms with Gasteiger partial charge in [-0.1, -0.05) is 0 Å². The van der Waals surface area contributed by atoms with Crippen molar-refractivity contribution in [1.82, 2.24) is 5.32 Å². The number of nitrogens with one attached hydrogen (secondary N) is 1. The molecule has 1 fully saturated rings. The fourth-order valence-corrected chi connectivity index (χ4v) is 3.42. The maximum atomic E-state index is 12.2. The van der Waals surface area contributed by atoms with E-state index in [0.717, 1.165) is 35.0 Å². The van der Waals surface area contributed by atoms with Crippen molar-refractivity contribution < 1.29 is 73.1 Å². The van der Waals surface area contributed by atoms with E-state index in [2.05, 4.69) is 19.5 Å². The number of esters is 3. The summed E-state index contributed by atoms with van der Waals surface area (Å²) in [5.74, 6) is -18.2. The van der Waals surface area contributed by atoms with Crippen molar-refractivity contribution in [2.45, 2.75) is 68.8 Å². The maximum Gasteiger partial charge on any atom is 0.366 e. The Morgan fingerprint density at radius 3 is 2.00 bits per heavy atom. The van der Waals surface area contributed by atoms with Crippen LogP contribution in [0.25, 0.3) is 0 Å². The summed E-state index contributed by atoms with van der Waals surface area (Å²) in [7, 11) is 2.42. The van der Waals surface area contributed by atoms with Gasteiger partial charge in [-0.25, -0.2) is 4.79 Å². The normalized spacial score (nSPS) is 31.3. The summed E-state index contributed by atoms with van der Waals surface area (Å²) in [5.41, 5.74) is 0. The first-order valence-corrected chi connectivity index (χ1v) is 9.54. The predicted molar refractivity (Wildman–Crippen MR) is 102 cm³/mol. The van der Waals surface area contributed by atoms with Gasteiger partial charge in [0.2, 0.25) is 5.91 Å². The van der Waals surface area contributed by atoms with Gasteiger partial charge in [0.1, 0.15) is 12.1 Å². The molecule has 1 amide bonds. The largest absolute Gasteiger partial charge is 0.465 e. The smallest absolute Gasteiger partial charge is 0.366 e. The van der Waals surface area contributed by atoms with E-state index in [1.807, 2.05) is 0 Å². The minimum atomic E-state index is -3.75. The third-order valence-electron chi connectivity index (χ3n) is 4.94. The standard InChI is InChI=1S/C18H29NO15/c1-8(20)19-11-12(34-16(26,13(23)29-4)7-15(11,25)30-5)17(27,31-6)18(28,33-10(3)22)14(24)32-9(2)21/h11-12,14,24-28H,7H2,1-6H3,(H,19,20)/t11-,12+,14?,15+,16?,17?,18?/m0/s1. The van der Waals surface area contributed by atoms with Gasteiger partial charge in [0.25, 0.3) is 17.9 Å². The monoisotopic (exact) mass is 499 g/mol. The molecule has 7 atom stereocenters. The van der Waals surface area contributed by atoms with Crippen LogP contribution in [-0.4, -0.2) is 112 Å². The van der Waals surface area contributed by atoms with Crippen molar-refractivity contribution in [3.05, 3.63) is 0 Å². The second-order valence-electron chi connectivity index (χ2n) is 7.37. The molecule has 16 nitrogen and oxygen atoms in total. The number of hydrogen-bond acceptors (Lipinski definition) is 15. The number of ether oxygens (including phenoxy) is 6. The molecule has 4 unspecified atom stereocenters. The van der Waals surface area contributed by atoms with Crippen LogP contribution in [0.1, 0.15) is 27.2 Å². The minimum absolute atomic E-state index is 0.681. The molecule has 0 aromatic carbocycles. The van der Waals surface area contributed by atoms with Crippen LogP contribution in [-0.2, 0) is 47.6 Å². The first-order chi connectivity index (χ1) is 15.5. The van der Waals surface area contributed by atoms with Gasteiger partial charge in [0, 0.05) is 35.0 Å². The van der Waals surface area contributed by atoms with Crippen LogP contribution in [0.4, 0.5) is 0 Å².